The Morgan fingerprint density at radius 3 is 2.04 bits per heavy atom. The van der Waals surface area contributed by atoms with Crippen molar-refractivity contribution in [1.82, 2.24) is 16.0 Å². The molecule has 11 heteroatoms. The predicted octanol–water partition coefficient (Wildman–Crippen LogP) is 3.26. The topological polar surface area (TPSA) is 163 Å². The molecular weight excluding hydrogens is 578 g/mol. The van der Waals surface area contributed by atoms with Crippen molar-refractivity contribution in [3.05, 3.63) is 71.8 Å². The van der Waals surface area contributed by atoms with Crippen LogP contribution >= 0.6 is 0 Å². The highest BCUT2D eigenvalue weighted by atomic mass is 16.6. The number of alkyl carbamates (subject to hydrolysis) is 1. The van der Waals surface area contributed by atoms with Crippen LogP contribution in [-0.2, 0) is 36.9 Å². The maximum atomic E-state index is 13.4. The molecule has 11 nitrogen and oxygen atoms in total. The monoisotopic (exact) mass is 627 g/mol. The summed E-state index contributed by atoms with van der Waals surface area (Å²) in [6.07, 6.45) is -2.19. The molecule has 45 heavy (non-hydrogen) atoms. The Morgan fingerprint density at radius 2 is 1.49 bits per heavy atom. The van der Waals surface area contributed by atoms with Gasteiger partial charge in [-0.2, -0.15) is 0 Å². The van der Waals surface area contributed by atoms with E-state index < -0.39 is 54.1 Å². The van der Waals surface area contributed by atoms with Crippen molar-refractivity contribution in [3.8, 4) is 0 Å². The lowest BCUT2D eigenvalue weighted by Crippen LogP contribution is -2.50. The molecule has 5 N–H and O–H groups in total. The van der Waals surface area contributed by atoms with Gasteiger partial charge in [-0.25, -0.2) is 9.59 Å². The highest BCUT2D eigenvalue weighted by Crippen LogP contribution is 2.18. The van der Waals surface area contributed by atoms with Crippen LogP contribution in [0.1, 0.15) is 65.0 Å². The summed E-state index contributed by atoms with van der Waals surface area (Å²) in [5.74, 6) is -2.21. The fourth-order valence-electron chi connectivity index (χ4n) is 4.49. The molecule has 0 saturated carbocycles. The minimum atomic E-state index is -1.37. The van der Waals surface area contributed by atoms with E-state index >= 15 is 0 Å². The normalized spacial score (nSPS) is 14.0. The molecule has 0 aliphatic carbocycles. The average molecular weight is 628 g/mol. The molecule has 3 amide bonds. The molecule has 0 bridgehead atoms. The van der Waals surface area contributed by atoms with Gasteiger partial charge in [0.1, 0.15) is 18.2 Å². The highest BCUT2D eigenvalue weighted by Gasteiger charge is 2.32. The summed E-state index contributed by atoms with van der Waals surface area (Å²) >= 11 is 0. The van der Waals surface area contributed by atoms with Gasteiger partial charge in [0.05, 0.1) is 18.6 Å². The van der Waals surface area contributed by atoms with Crippen molar-refractivity contribution in [1.29, 1.82) is 0 Å². The minimum absolute atomic E-state index is 0.0129. The van der Waals surface area contributed by atoms with E-state index in [-0.39, 0.29) is 44.3 Å². The Kier molecular flexibility index (Phi) is 15.5. The summed E-state index contributed by atoms with van der Waals surface area (Å²) in [5.41, 5.74) is 0.713. The van der Waals surface area contributed by atoms with E-state index in [0.29, 0.717) is 6.54 Å². The number of hydrogen-bond acceptors (Lipinski definition) is 8. The number of rotatable bonds is 17. The molecule has 0 spiro atoms. The molecule has 2 aromatic carbocycles. The number of esters is 1. The van der Waals surface area contributed by atoms with E-state index in [1.54, 1.807) is 45.0 Å². The molecular formula is C34H49N3O8. The molecule has 0 saturated heterocycles. The number of aliphatic hydroxyl groups excluding tert-OH is 2. The third kappa shape index (κ3) is 15.1. The van der Waals surface area contributed by atoms with Gasteiger partial charge in [0.25, 0.3) is 0 Å². The summed E-state index contributed by atoms with van der Waals surface area (Å²) in [6.45, 7) is 9.08. The zero-order chi connectivity index (χ0) is 33.4. The van der Waals surface area contributed by atoms with Gasteiger partial charge in [0.15, 0.2) is 0 Å². The van der Waals surface area contributed by atoms with Gasteiger partial charge >= 0.3 is 12.1 Å². The first-order chi connectivity index (χ1) is 21.3. The summed E-state index contributed by atoms with van der Waals surface area (Å²) in [7, 11) is 0. The van der Waals surface area contributed by atoms with Crippen molar-refractivity contribution >= 4 is 23.9 Å². The van der Waals surface area contributed by atoms with Crippen LogP contribution in [0.3, 0.4) is 0 Å². The largest absolute Gasteiger partial charge is 0.459 e. The van der Waals surface area contributed by atoms with Crippen molar-refractivity contribution in [2.45, 2.75) is 90.7 Å². The zero-order valence-electron chi connectivity index (χ0n) is 27.0. The van der Waals surface area contributed by atoms with Gasteiger partial charge in [-0.3, -0.25) is 9.59 Å². The van der Waals surface area contributed by atoms with Gasteiger partial charge in [0, 0.05) is 19.1 Å². The number of carbonyl (C=O) groups is 4. The van der Waals surface area contributed by atoms with Crippen molar-refractivity contribution in [2.75, 3.05) is 13.2 Å². The Hall–Kier alpha value is -3.96. The number of ether oxygens (including phenoxy) is 2. The second-order valence-electron chi connectivity index (χ2n) is 12.5. The van der Waals surface area contributed by atoms with E-state index in [1.165, 1.54) is 0 Å². The van der Waals surface area contributed by atoms with Gasteiger partial charge in [-0.15, -0.1) is 0 Å². The molecule has 0 radical (unpaired) electrons. The van der Waals surface area contributed by atoms with Crippen LogP contribution in [0.25, 0.3) is 0 Å². The number of nitrogens with one attached hydrogen (secondary N) is 3. The third-order valence-corrected chi connectivity index (χ3v) is 6.76. The molecule has 0 fully saturated rings. The fraction of sp³-hybridized carbons (Fsp3) is 0.529. The first-order valence-electron chi connectivity index (χ1n) is 15.4. The van der Waals surface area contributed by atoms with Crippen LogP contribution in [0, 0.1) is 11.8 Å². The number of aliphatic hydroxyl groups is 2. The third-order valence-electron chi connectivity index (χ3n) is 6.76. The molecule has 4 atom stereocenters. The van der Waals surface area contributed by atoms with Gasteiger partial charge in [-0.1, -0.05) is 74.5 Å². The number of benzene rings is 2. The standard InChI is InChI=1S/C34H49N3O8/c1-23(2)21-35-31(41)26(16-17-38)19-29(39)27(18-24-12-8-6-9-13-24)36-30(40)20-28(37-33(43)45-34(3,4)5)32(42)44-22-25-14-10-7-11-15-25/h6-15,23,26-29,38-39H,16-22H2,1-5H3,(H,35,41)(H,36,40)(H,37,43)/t26-,27+,28+,29+/m1/s1. The van der Waals surface area contributed by atoms with Gasteiger partial charge in [-0.05, 0) is 57.1 Å². The van der Waals surface area contributed by atoms with Crippen LogP contribution < -0.4 is 16.0 Å². The molecule has 0 aliphatic heterocycles. The van der Waals surface area contributed by atoms with E-state index in [1.807, 2.05) is 50.2 Å². The number of carbonyl (C=O) groups excluding carboxylic acids is 4. The highest BCUT2D eigenvalue weighted by molar-refractivity contribution is 5.88. The maximum absolute atomic E-state index is 13.4. The molecule has 2 aromatic rings. The lowest BCUT2D eigenvalue weighted by molar-refractivity contribution is -0.149. The number of amides is 3. The second-order valence-corrected chi connectivity index (χ2v) is 12.5. The molecule has 0 aromatic heterocycles. The van der Waals surface area contributed by atoms with Crippen molar-refractivity contribution < 1.29 is 38.9 Å². The van der Waals surface area contributed by atoms with E-state index in [0.717, 1.165) is 11.1 Å². The van der Waals surface area contributed by atoms with Crippen LogP contribution in [-0.4, -0.2) is 71.0 Å². The lowest BCUT2D eigenvalue weighted by atomic mass is 9.90. The Balaban J connectivity index is 2.22. The number of hydrogen-bond donors (Lipinski definition) is 5. The zero-order valence-corrected chi connectivity index (χ0v) is 27.0. The fourth-order valence-corrected chi connectivity index (χ4v) is 4.49. The Bertz CT molecular complexity index is 1200. The minimum Gasteiger partial charge on any atom is -0.459 e. The Labute approximate surface area is 266 Å². The lowest BCUT2D eigenvalue weighted by Gasteiger charge is -2.28. The Morgan fingerprint density at radius 1 is 0.889 bits per heavy atom. The van der Waals surface area contributed by atoms with Gasteiger partial charge in [0.2, 0.25) is 11.8 Å². The molecule has 0 unspecified atom stereocenters. The van der Waals surface area contributed by atoms with E-state index in [2.05, 4.69) is 16.0 Å². The summed E-state index contributed by atoms with van der Waals surface area (Å²) in [6, 6.07) is 16.0. The quantitative estimate of drug-likeness (QED) is 0.167. The SMILES string of the molecule is CC(C)CNC(=O)[C@H](CCO)C[C@H](O)[C@H](Cc1ccccc1)NC(=O)C[C@H](NC(=O)OC(C)(C)C)C(=O)OCc1ccccc1. The maximum Gasteiger partial charge on any atom is 0.408 e. The first-order valence-corrected chi connectivity index (χ1v) is 15.4. The van der Waals surface area contributed by atoms with Crippen LogP contribution in [0.2, 0.25) is 0 Å². The smallest absolute Gasteiger partial charge is 0.408 e. The van der Waals surface area contributed by atoms with Crippen molar-refractivity contribution in [3.63, 3.8) is 0 Å². The molecule has 248 valence electrons. The summed E-state index contributed by atoms with van der Waals surface area (Å²) in [5, 5.41) is 29.0. The molecule has 0 heterocycles. The van der Waals surface area contributed by atoms with Crippen LogP contribution in [0.4, 0.5) is 4.79 Å². The van der Waals surface area contributed by atoms with Crippen LogP contribution in [0.15, 0.2) is 60.7 Å². The van der Waals surface area contributed by atoms with Crippen molar-refractivity contribution in [2.24, 2.45) is 11.8 Å². The van der Waals surface area contributed by atoms with E-state index in [4.69, 9.17) is 9.47 Å². The van der Waals surface area contributed by atoms with E-state index in [9.17, 15) is 29.4 Å². The first kappa shape index (κ1) is 37.2. The second kappa shape index (κ2) is 18.8. The molecule has 2 rings (SSSR count). The van der Waals surface area contributed by atoms with Gasteiger partial charge < -0.3 is 35.6 Å². The predicted molar refractivity (Wildman–Crippen MR) is 170 cm³/mol. The summed E-state index contributed by atoms with van der Waals surface area (Å²) < 4.78 is 10.7. The molecule has 0 aliphatic rings. The average Bonchev–Trinajstić information content (AvgIpc) is 2.97. The summed E-state index contributed by atoms with van der Waals surface area (Å²) in [4.78, 5) is 51.9. The van der Waals surface area contributed by atoms with Crippen LogP contribution in [0.5, 0.6) is 0 Å².